The number of aryl methyl sites for hydroxylation is 1. The Morgan fingerprint density at radius 1 is 1.17 bits per heavy atom. The second-order valence-corrected chi connectivity index (χ2v) is 6.28. The number of aliphatic hydroxyl groups is 1. The van der Waals surface area contributed by atoms with E-state index >= 15 is 0 Å². The van der Waals surface area contributed by atoms with Crippen molar-refractivity contribution in [2.75, 3.05) is 0 Å². The van der Waals surface area contributed by atoms with E-state index in [1.54, 1.807) is 0 Å². The predicted octanol–water partition coefficient (Wildman–Crippen LogP) is 3.95. The van der Waals surface area contributed by atoms with Crippen LogP contribution in [0.15, 0.2) is 35.4 Å². The lowest BCUT2D eigenvalue weighted by atomic mass is 9.78. The lowest BCUT2D eigenvalue weighted by Crippen LogP contribution is -2.32. The molecule has 2 aliphatic rings. The van der Waals surface area contributed by atoms with Crippen molar-refractivity contribution in [3.05, 3.63) is 46.5 Å². The molecule has 1 nitrogen and oxygen atoms in total. The summed E-state index contributed by atoms with van der Waals surface area (Å²) in [5.41, 5.74) is 4.72. The summed E-state index contributed by atoms with van der Waals surface area (Å²) in [7, 11) is 0. The summed E-state index contributed by atoms with van der Waals surface area (Å²) in [6.07, 6.45) is 3.33. The second-order valence-electron chi connectivity index (χ2n) is 6.28. The molecule has 0 amide bonds. The Morgan fingerprint density at radius 3 is 2.39 bits per heavy atom. The van der Waals surface area contributed by atoms with E-state index in [-0.39, 0.29) is 0 Å². The molecule has 1 heteroatoms. The first kappa shape index (κ1) is 12.0. The number of allylic oxidation sites excluding steroid dienone is 1. The Labute approximate surface area is 110 Å². The van der Waals surface area contributed by atoms with Crippen LogP contribution in [0.25, 0.3) is 0 Å². The molecule has 2 fully saturated rings. The third-order valence-electron chi connectivity index (χ3n) is 4.88. The third-order valence-corrected chi connectivity index (χ3v) is 4.88. The van der Waals surface area contributed by atoms with Crippen molar-refractivity contribution in [3.8, 4) is 0 Å². The molecular weight excluding hydrogens is 220 g/mol. The zero-order chi connectivity index (χ0) is 12.9. The average molecular weight is 242 g/mol. The molecule has 2 bridgehead atoms. The van der Waals surface area contributed by atoms with Crippen LogP contribution in [0, 0.1) is 18.8 Å². The van der Waals surface area contributed by atoms with Crippen LogP contribution in [0.4, 0.5) is 0 Å². The van der Waals surface area contributed by atoms with Crippen LogP contribution in [0.5, 0.6) is 0 Å². The smallest absolute Gasteiger partial charge is 0.0967 e. The predicted molar refractivity (Wildman–Crippen MR) is 74.3 cm³/mol. The minimum absolute atomic E-state index is 0.357. The van der Waals surface area contributed by atoms with Gasteiger partial charge in [0.1, 0.15) is 0 Å². The van der Waals surface area contributed by atoms with Crippen LogP contribution >= 0.6 is 0 Å². The molecule has 0 aliphatic heterocycles. The van der Waals surface area contributed by atoms with Gasteiger partial charge in [0, 0.05) is 5.92 Å². The van der Waals surface area contributed by atoms with Crippen LogP contribution in [-0.4, -0.2) is 5.11 Å². The SMILES string of the molecule is CC(C)=C1[C@@H]2CC[C@H]1[C@@](O)(c1ccc(C)cc1)C2. The van der Waals surface area contributed by atoms with Gasteiger partial charge >= 0.3 is 0 Å². The monoisotopic (exact) mass is 242 g/mol. The number of hydrogen-bond acceptors (Lipinski definition) is 1. The first-order valence-electron chi connectivity index (χ1n) is 6.99. The molecule has 0 radical (unpaired) electrons. The fraction of sp³-hybridized carbons (Fsp3) is 0.529. The lowest BCUT2D eigenvalue weighted by Gasteiger charge is -2.32. The zero-order valence-corrected chi connectivity index (χ0v) is 11.5. The number of fused-ring (bicyclic) bond motifs is 2. The summed E-state index contributed by atoms with van der Waals surface area (Å²) in [6.45, 7) is 6.49. The first-order chi connectivity index (χ1) is 8.52. The zero-order valence-electron chi connectivity index (χ0n) is 11.5. The van der Waals surface area contributed by atoms with Crippen LogP contribution in [0.1, 0.15) is 44.2 Å². The molecule has 2 saturated carbocycles. The summed E-state index contributed by atoms with van der Waals surface area (Å²) in [6, 6.07) is 8.44. The molecule has 1 aromatic carbocycles. The van der Waals surface area contributed by atoms with Gasteiger partial charge in [-0.1, -0.05) is 41.0 Å². The first-order valence-corrected chi connectivity index (χ1v) is 6.99. The van der Waals surface area contributed by atoms with Crippen molar-refractivity contribution in [1.82, 2.24) is 0 Å². The molecule has 0 unspecified atom stereocenters. The molecule has 0 spiro atoms. The van der Waals surface area contributed by atoms with E-state index in [4.69, 9.17) is 0 Å². The molecule has 1 N–H and O–H groups in total. The number of rotatable bonds is 1. The standard InChI is InChI=1S/C17H22O/c1-11(2)16-13-6-9-15(16)17(18,10-13)14-7-4-12(3)5-8-14/h4-5,7-8,13,15,18H,6,9-10H2,1-3H3/t13-,15-,17+/m1/s1. The van der Waals surface area contributed by atoms with Crippen molar-refractivity contribution in [2.24, 2.45) is 11.8 Å². The van der Waals surface area contributed by atoms with Crippen molar-refractivity contribution in [2.45, 2.75) is 45.6 Å². The van der Waals surface area contributed by atoms with Crippen molar-refractivity contribution < 1.29 is 5.11 Å². The number of benzene rings is 1. The van der Waals surface area contributed by atoms with E-state index in [1.165, 1.54) is 23.1 Å². The van der Waals surface area contributed by atoms with E-state index in [9.17, 15) is 5.11 Å². The van der Waals surface area contributed by atoms with E-state index in [0.717, 1.165) is 18.4 Å². The molecule has 96 valence electrons. The summed E-state index contributed by atoms with van der Waals surface area (Å²) in [4.78, 5) is 0. The van der Waals surface area contributed by atoms with Gasteiger partial charge in [0.25, 0.3) is 0 Å². The highest BCUT2D eigenvalue weighted by molar-refractivity contribution is 5.38. The average Bonchev–Trinajstić information content (AvgIpc) is 2.85. The molecule has 0 saturated heterocycles. The maximum atomic E-state index is 11.1. The minimum atomic E-state index is -0.608. The Kier molecular flexibility index (Phi) is 2.63. The van der Waals surface area contributed by atoms with Gasteiger partial charge in [-0.05, 0) is 51.5 Å². The van der Waals surface area contributed by atoms with Gasteiger partial charge in [-0.3, -0.25) is 0 Å². The lowest BCUT2D eigenvalue weighted by molar-refractivity contribution is -0.0147. The Morgan fingerprint density at radius 2 is 1.83 bits per heavy atom. The quantitative estimate of drug-likeness (QED) is 0.739. The van der Waals surface area contributed by atoms with Crippen molar-refractivity contribution >= 4 is 0 Å². The normalized spacial score (nSPS) is 34.1. The Hall–Kier alpha value is -1.08. The van der Waals surface area contributed by atoms with Crippen LogP contribution in [0.3, 0.4) is 0 Å². The van der Waals surface area contributed by atoms with Gasteiger partial charge in [0.05, 0.1) is 5.60 Å². The molecule has 2 aliphatic carbocycles. The fourth-order valence-corrected chi connectivity index (χ4v) is 4.11. The second kappa shape index (κ2) is 3.96. The molecular formula is C17H22O. The fourth-order valence-electron chi connectivity index (χ4n) is 4.11. The van der Waals surface area contributed by atoms with Crippen LogP contribution in [-0.2, 0) is 5.60 Å². The van der Waals surface area contributed by atoms with Gasteiger partial charge in [0.2, 0.25) is 0 Å². The van der Waals surface area contributed by atoms with E-state index in [2.05, 4.69) is 45.0 Å². The molecule has 3 rings (SSSR count). The maximum Gasteiger partial charge on any atom is 0.0967 e. The molecule has 0 heterocycles. The molecule has 18 heavy (non-hydrogen) atoms. The van der Waals surface area contributed by atoms with Crippen LogP contribution in [0.2, 0.25) is 0 Å². The number of hydrogen-bond donors (Lipinski definition) is 1. The van der Waals surface area contributed by atoms with Gasteiger partial charge in [-0.2, -0.15) is 0 Å². The summed E-state index contributed by atoms with van der Waals surface area (Å²) >= 11 is 0. The molecule has 3 atom stereocenters. The highest BCUT2D eigenvalue weighted by Gasteiger charge is 2.54. The molecule has 0 aromatic heterocycles. The van der Waals surface area contributed by atoms with Crippen molar-refractivity contribution in [1.29, 1.82) is 0 Å². The van der Waals surface area contributed by atoms with Gasteiger partial charge in [-0.25, -0.2) is 0 Å². The highest BCUT2D eigenvalue weighted by atomic mass is 16.3. The van der Waals surface area contributed by atoms with E-state index in [0.29, 0.717) is 11.8 Å². The minimum Gasteiger partial charge on any atom is -0.385 e. The largest absolute Gasteiger partial charge is 0.385 e. The van der Waals surface area contributed by atoms with E-state index in [1.807, 2.05) is 0 Å². The summed E-state index contributed by atoms with van der Waals surface area (Å²) in [5, 5.41) is 11.1. The highest BCUT2D eigenvalue weighted by Crippen LogP contribution is 2.59. The topological polar surface area (TPSA) is 20.2 Å². The van der Waals surface area contributed by atoms with Gasteiger partial charge < -0.3 is 5.11 Å². The summed E-state index contributed by atoms with van der Waals surface area (Å²) < 4.78 is 0. The molecule has 1 aromatic rings. The van der Waals surface area contributed by atoms with E-state index < -0.39 is 5.60 Å². The Bertz CT molecular complexity index is 493. The maximum absolute atomic E-state index is 11.1. The Balaban J connectivity index is 2.03. The van der Waals surface area contributed by atoms with Crippen molar-refractivity contribution in [3.63, 3.8) is 0 Å². The third kappa shape index (κ3) is 1.57. The van der Waals surface area contributed by atoms with Crippen LogP contribution < -0.4 is 0 Å². The summed E-state index contributed by atoms with van der Waals surface area (Å²) in [5.74, 6) is 0.974. The van der Waals surface area contributed by atoms with Gasteiger partial charge in [-0.15, -0.1) is 0 Å². The van der Waals surface area contributed by atoms with Gasteiger partial charge in [0.15, 0.2) is 0 Å².